The highest BCUT2D eigenvalue weighted by molar-refractivity contribution is 5.11. The lowest BCUT2D eigenvalue weighted by Crippen LogP contribution is -2.55. The van der Waals surface area contributed by atoms with Crippen LogP contribution in [0.1, 0.15) is 97.8 Å². The van der Waals surface area contributed by atoms with Crippen molar-refractivity contribution in [2.24, 2.45) is 23.0 Å². The fraction of sp³-hybridized carbons (Fsp3) is 1.00. The highest BCUT2D eigenvalue weighted by Crippen LogP contribution is 2.60. The summed E-state index contributed by atoms with van der Waals surface area (Å²) >= 11 is 0. The number of nitrogens with two attached hydrogens (primary N) is 1. The van der Waals surface area contributed by atoms with Crippen LogP contribution in [0.3, 0.4) is 0 Å². The first-order valence-corrected chi connectivity index (χ1v) is 10.5. The van der Waals surface area contributed by atoms with Gasteiger partial charge in [0.2, 0.25) is 0 Å². The van der Waals surface area contributed by atoms with Crippen LogP contribution in [0.5, 0.6) is 0 Å². The Morgan fingerprint density at radius 3 is 2.61 bits per heavy atom. The van der Waals surface area contributed by atoms with E-state index in [2.05, 4.69) is 26.1 Å². The summed E-state index contributed by atoms with van der Waals surface area (Å²) in [6, 6.07) is 0. The molecule has 0 aromatic heterocycles. The summed E-state index contributed by atoms with van der Waals surface area (Å²) in [5, 5.41) is 4.03. The molecule has 3 fully saturated rings. The molecule has 0 saturated heterocycles. The lowest BCUT2D eigenvalue weighted by molar-refractivity contribution is 0.0260. The van der Waals surface area contributed by atoms with Gasteiger partial charge in [-0.3, -0.25) is 0 Å². The van der Waals surface area contributed by atoms with E-state index in [1.54, 1.807) is 0 Å². The van der Waals surface area contributed by atoms with Gasteiger partial charge in [-0.05, 0) is 82.1 Å². The van der Waals surface area contributed by atoms with Crippen LogP contribution >= 0.6 is 0 Å². The molecule has 0 aliphatic heterocycles. The molecule has 0 aromatic carbocycles. The summed E-state index contributed by atoms with van der Waals surface area (Å²) < 4.78 is 0. The molecule has 0 heterocycles. The Hall–Kier alpha value is -0.0800. The molecule has 0 radical (unpaired) electrons. The maximum Gasteiger partial charge on any atom is 0.0187 e. The molecule has 0 amide bonds. The molecule has 0 aromatic rings. The second kappa shape index (κ2) is 6.67. The Morgan fingerprint density at radius 2 is 1.87 bits per heavy atom. The van der Waals surface area contributed by atoms with E-state index in [-0.39, 0.29) is 5.54 Å². The van der Waals surface area contributed by atoms with Crippen LogP contribution in [-0.4, -0.2) is 17.6 Å². The average Bonchev–Trinajstić information content (AvgIpc) is 2.71. The molecule has 0 spiro atoms. The summed E-state index contributed by atoms with van der Waals surface area (Å²) in [6.07, 6.45) is 16.6. The van der Waals surface area contributed by atoms with Crippen molar-refractivity contribution in [3.63, 3.8) is 0 Å². The Bertz CT molecular complexity index is 405. The zero-order chi connectivity index (χ0) is 16.6. The third-order valence-corrected chi connectivity index (χ3v) is 7.67. The molecule has 5 atom stereocenters. The van der Waals surface area contributed by atoms with E-state index in [1.165, 1.54) is 83.6 Å². The van der Waals surface area contributed by atoms with Crippen molar-refractivity contribution in [1.29, 1.82) is 0 Å². The predicted molar refractivity (Wildman–Crippen MR) is 99.5 cm³/mol. The van der Waals surface area contributed by atoms with Gasteiger partial charge in [-0.1, -0.05) is 39.5 Å². The van der Waals surface area contributed by atoms with E-state index >= 15 is 0 Å². The molecule has 23 heavy (non-hydrogen) atoms. The van der Waals surface area contributed by atoms with Crippen molar-refractivity contribution in [2.45, 2.75) is 109 Å². The van der Waals surface area contributed by atoms with Crippen molar-refractivity contribution < 1.29 is 0 Å². The van der Waals surface area contributed by atoms with Gasteiger partial charge in [0.25, 0.3) is 0 Å². The van der Waals surface area contributed by atoms with Gasteiger partial charge in [-0.15, -0.1) is 0 Å². The minimum Gasteiger partial charge on any atom is -0.325 e. The Morgan fingerprint density at radius 1 is 1.09 bits per heavy atom. The van der Waals surface area contributed by atoms with Gasteiger partial charge in [0.05, 0.1) is 0 Å². The van der Waals surface area contributed by atoms with E-state index < -0.39 is 0 Å². The minimum absolute atomic E-state index is 0.0570. The highest BCUT2D eigenvalue weighted by Gasteiger charge is 2.56. The van der Waals surface area contributed by atoms with Crippen LogP contribution in [0.25, 0.3) is 0 Å². The predicted octanol–water partition coefficient (Wildman–Crippen LogP) is 5.01. The van der Waals surface area contributed by atoms with E-state index in [9.17, 15) is 0 Å². The minimum atomic E-state index is 0.0570. The SMILES string of the molecule is CCCCNC12CCCCC(C3CCC(C)CC3(C)N)(CC1)C2. The number of unbranched alkanes of at least 4 members (excludes halogenated alkanes) is 1. The van der Waals surface area contributed by atoms with Crippen LogP contribution in [0.2, 0.25) is 0 Å². The van der Waals surface area contributed by atoms with E-state index in [0.717, 1.165) is 11.8 Å². The standard InChI is InChI=1S/C21H40N2/c1-4-5-14-23-21-11-7-6-10-20(16-21,12-13-21)18-9-8-17(2)15-19(18,3)22/h17-18,23H,4-16,22H2,1-3H3. The quantitative estimate of drug-likeness (QED) is 0.699. The molecule has 2 nitrogen and oxygen atoms in total. The monoisotopic (exact) mass is 320 g/mol. The topological polar surface area (TPSA) is 38.0 Å². The van der Waals surface area contributed by atoms with Crippen LogP contribution in [0.4, 0.5) is 0 Å². The van der Waals surface area contributed by atoms with E-state index in [0.29, 0.717) is 11.0 Å². The largest absolute Gasteiger partial charge is 0.325 e. The summed E-state index contributed by atoms with van der Waals surface area (Å²) in [7, 11) is 0. The number of hydrogen-bond donors (Lipinski definition) is 2. The zero-order valence-electron chi connectivity index (χ0n) is 15.9. The van der Waals surface area contributed by atoms with Gasteiger partial charge in [-0.25, -0.2) is 0 Å². The lowest BCUT2D eigenvalue weighted by Gasteiger charge is -2.51. The van der Waals surface area contributed by atoms with Crippen LogP contribution in [-0.2, 0) is 0 Å². The van der Waals surface area contributed by atoms with E-state index in [4.69, 9.17) is 5.73 Å². The number of rotatable bonds is 5. The van der Waals surface area contributed by atoms with Crippen molar-refractivity contribution >= 4 is 0 Å². The van der Waals surface area contributed by atoms with Crippen LogP contribution in [0, 0.1) is 17.3 Å². The second-order valence-corrected chi connectivity index (χ2v) is 9.75. The molecular weight excluding hydrogens is 280 g/mol. The third-order valence-electron chi connectivity index (χ3n) is 7.67. The van der Waals surface area contributed by atoms with Gasteiger partial charge >= 0.3 is 0 Å². The smallest absolute Gasteiger partial charge is 0.0187 e. The first-order chi connectivity index (χ1) is 10.9. The zero-order valence-corrected chi connectivity index (χ0v) is 15.9. The molecule has 3 saturated carbocycles. The summed E-state index contributed by atoms with van der Waals surface area (Å²) in [5.74, 6) is 1.57. The van der Waals surface area contributed by atoms with E-state index in [1.807, 2.05) is 0 Å². The van der Waals surface area contributed by atoms with Gasteiger partial charge in [0.15, 0.2) is 0 Å². The normalized spacial score (nSPS) is 47.5. The first kappa shape index (κ1) is 17.7. The molecule has 3 rings (SSSR count). The summed E-state index contributed by atoms with van der Waals surface area (Å²) in [6.45, 7) is 8.29. The molecule has 2 heteroatoms. The maximum atomic E-state index is 6.92. The van der Waals surface area contributed by atoms with Gasteiger partial charge in [0, 0.05) is 11.1 Å². The molecule has 3 N–H and O–H groups in total. The first-order valence-electron chi connectivity index (χ1n) is 10.5. The van der Waals surface area contributed by atoms with Gasteiger partial charge < -0.3 is 11.1 Å². The number of nitrogens with one attached hydrogen (secondary N) is 1. The lowest BCUT2D eigenvalue weighted by atomic mass is 9.57. The second-order valence-electron chi connectivity index (χ2n) is 9.75. The molecule has 5 unspecified atom stereocenters. The highest BCUT2D eigenvalue weighted by atomic mass is 15.0. The van der Waals surface area contributed by atoms with Gasteiger partial charge in [0.1, 0.15) is 0 Å². The maximum absolute atomic E-state index is 6.92. The summed E-state index contributed by atoms with van der Waals surface area (Å²) in [5.41, 5.74) is 7.97. The fourth-order valence-electron chi connectivity index (χ4n) is 6.73. The van der Waals surface area contributed by atoms with Crippen LogP contribution in [0.15, 0.2) is 0 Å². The van der Waals surface area contributed by atoms with Crippen molar-refractivity contribution in [1.82, 2.24) is 5.32 Å². The average molecular weight is 321 g/mol. The molecule has 3 aliphatic carbocycles. The van der Waals surface area contributed by atoms with Crippen molar-refractivity contribution in [3.05, 3.63) is 0 Å². The Kier molecular flexibility index (Phi) is 5.14. The molecule has 134 valence electrons. The molecular formula is C21H40N2. The van der Waals surface area contributed by atoms with Gasteiger partial charge in [-0.2, -0.15) is 0 Å². The number of fused-ring (bicyclic) bond motifs is 2. The fourth-order valence-corrected chi connectivity index (χ4v) is 6.73. The molecule has 2 bridgehead atoms. The van der Waals surface area contributed by atoms with Crippen LogP contribution < -0.4 is 11.1 Å². The summed E-state index contributed by atoms with van der Waals surface area (Å²) in [4.78, 5) is 0. The molecule has 3 aliphatic rings. The third kappa shape index (κ3) is 3.49. The Balaban J connectivity index is 1.78. The van der Waals surface area contributed by atoms with Crippen molar-refractivity contribution in [3.8, 4) is 0 Å². The van der Waals surface area contributed by atoms with Crippen molar-refractivity contribution in [2.75, 3.05) is 6.54 Å². The Labute approximate surface area is 144 Å². The number of hydrogen-bond acceptors (Lipinski definition) is 2.